The van der Waals surface area contributed by atoms with Crippen LogP contribution >= 0.6 is 0 Å². The van der Waals surface area contributed by atoms with Crippen molar-refractivity contribution in [2.45, 2.75) is 6.61 Å². The molecule has 0 saturated heterocycles. The molecule has 3 aromatic carbocycles. The molecule has 1 heterocycles. The second kappa shape index (κ2) is 8.48. The number of hydrogen-bond acceptors (Lipinski definition) is 5. The number of rotatable bonds is 7. The van der Waals surface area contributed by atoms with Crippen molar-refractivity contribution in [3.63, 3.8) is 0 Å². The molecule has 0 bridgehead atoms. The Kier molecular flexibility index (Phi) is 5.42. The molecular weight excluding hydrogens is 366 g/mol. The summed E-state index contributed by atoms with van der Waals surface area (Å²) in [6, 6.07) is 23.5. The predicted molar refractivity (Wildman–Crippen MR) is 111 cm³/mol. The largest absolute Gasteiger partial charge is 0.497 e. The van der Waals surface area contributed by atoms with Gasteiger partial charge in [0.2, 0.25) is 0 Å². The van der Waals surface area contributed by atoms with E-state index in [9.17, 15) is 0 Å². The van der Waals surface area contributed by atoms with Crippen molar-refractivity contribution in [2.75, 3.05) is 14.2 Å². The summed E-state index contributed by atoms with van der Waals surface area (Å²) in [4.78, 5) is 0. The maximum atomic E-state index is 5.86. The van der Waals surface area contributed by atoms with E-state index in [1.54, 1.807) is 18.9 Å². The molecule has 1 aromatic heterocycles. The van der Waals surface area contributed by atoms with Crippen molar-refractivity contribution in [3.05, 3.63) is 84.7 Å². The summed E-state index contributed by atoms with van der Waals surface area (Å²) in [5, 5.41) is 8.32. The number of hydrogen-bond donors (Lipinski definition) is 0. The maximum Gasteiger partial charge on any atom is 0.134 e. The van der Waals surface area contributed by atoms with Gasteiger partial charge in [0.15, 0.2) is 0 Å². The van der Waals surface area contributed by atoms with Crippen LogP contribution in [0.25, 0.3) is 16.8 Å². The van der Waals surface area contributed by atoms with Gasteiger partial charge in [0.1, 0.15) is 29.5 Å². The molecule has 0 unspecified atom stereocenters. The summed E-state index contributed by atoms with van der Waals surface area (Å²) in [6.45, 7) is 0.346. The first-order chi connectivity index (χ1) is 14.2. The Hall–Kier alpha value is -3.80. The normalized spacial score (nSPS) is 10.6. The van der Waals surface area contributed by atoms with Gasteiger partial charge in [-0.1, -0.05) is 35.5 Å². The molecule has 0 fully saturated rings. The van der Waals surface area contributed by atoms with Gasteiger partial charge in [-0.15, -0.1) is 5.10 Å². The Morgan fingerprint density at radius 1 is 0.759 bits per heavy atom. The molecule has 6 nitrogen and oxygen atoms in total. The topological polar surface area (TPSA) is 58.4 Å². The van der Waals surface area contributed by atoms with Crippen molar-refractivity contribution in [1.82, 2.24) is 15.0 Å². The molecule has 29 heavy (non-hydrogen) atoms. The Bertz CT molecular complexity index is 1050. The highest BCUT2D eigenvalue weighted by Crippen LogP contribution is 2.30. The van der Waals surface area contributed by atoms with Crippen LogP contribution in [0.5, 0.6) is 17.2 Å². The van der Waals surface area contributed by atoms with E-state index in [1.165, 1.54) is 0 Å². The summed E-state index contributed by atoms with van der Waals surface area (Å²) < 4.78 is 18.3. The molecule has 0 spiro atoms. The number of benzene rings is 3. The van der Waals surface area contributed by atoms with E-state index >= 15 is 0 Å². The van der Waals surface area contributed by atoms with Crippen LogP contribution in [0.1, 0.15) is 5.69 Å². The summed E-state index contributed by atoms with van der Waals surface area (Å²) in [6.07, 6.45) is 1.87. The fourth-order valence-corrected chi connectivity index (χ4v) is 2.95. The summed E-state index contributed by atoms with van der Waals surface area (Å²) in [5.74, 6) is 2.26. The van der Waals surface area contributed by atoms with Crippen LogP contribution in [-0.4, -0.2) is 29.2 Å². The van der Waals surface area contributed by atoms with Gasteiger partial charge in [-0.05, 0) is 47.5 Å². The van der Waals surface area contributed by atoms with Crippen molar-refractivity contribution >= 4 is 0 Å². The van der Waals surface area contributed by atoms with Gasteiger partial charge in [-0.2, -0.15) is 0 Å². The number of aromatic nitrogens is 3. The standard InChI is InChI=1S/C23H21N3O3/c1-27-22-12-18(13-23(14-22)28-2)17-8-10-21(11-9-17)29-16-19-15-26(25-24-19)20-6-4-3-5-7-20/h3-15H,16H2,1-2H3. The highest BCUT2D eigenvalue weighted by atomic mass is 16.5. The SMILES string of the molecule is COc1cc(OC)cc(-c2ccc(OCc3cn(-c4ccccc4)nn3)cc2)c1. The lowest BCUT2D eigenvalue weighted by molar-refractivity contribution is 0.301. The first-order valence-electron chi connectivity index (χ1n) is 9.18. The van der Waals surface area contributed by atoms with E-state index in [4.69, 9.17) is 14.2 Å². The van der Waals surface area contributed by atoms with Crippen LogP contribution in [-0.2, 0) is 6.61 Å². The third kappa shape index (κ3) is 4.38. The highest BCUT2D eigenvalue weighted by molar-refractivity contribution is 5.67. The molecule has 146 valence electrons. The Labute approximate surface area is 169 Å². The van der Waals surface area contributed by atoms with Gasteiger partial charge in [-0.3, -0.25) is 0 Å². The van der Waals surface area contributed by atoms with Crippen molar-refractivity contribution < 1.29 is 14.2 Å². The lowest BCUT2D eigenvalue weighted by atomic mass is 10.0. The van der Waals surface area contributed by atoms with E-state index in [2.05, 4.69) is 10.3 Å². The lowest BCUT2D eigenvalue weighted by Gasteiger charge is -2.10. The van der Waals surface area contributed by atoms with Crippen LogP contribution in [0.2, 0.25) is 0 Å². The summed E-state index contributed by atoms with van der Waals surface area (Å²) in [7, 11) is 3.28. The second-order valence-corrected chi connectivity index (χ2v) is 6.40. The first-order valence-corrected chi connectivity index (χ1v) is 9.18. The van der Waals surface area contributed by atoms with Crippen LogP contribution in [0.4, 0.5) is 0 Å². The fourth-order valence-electron chi connectivity index (χ4n) is 2.95. The van der Waals surface area contributed by atoms with Crippen molar-refractivity contribution in [2.24, 2.45) is 0 Å². The number of nitrogens with zero attached hydrogens (tertiary/aromatic N) is 3. The maximum absolute atomic E-state index is 5.86. The Balaban J connectivity index is 1.43. The second-order valence-electron chi connectivity index (χ2n) is 6.40. The van der Waals surface area contributed by atoms with Gasteiger partial charge in [0, 0.05) is 6.07 Å². The minimum Gasteiger partial charge on any atom is -0.497 e. The zero-order chi connectivity index (χ0) is 20.1. The molecule has 0 aliphatic rings. The average Bonchev–Trinajstić information content (AvgIpc) is 3.27. The summed E-state index contributed by atoms with van der Waals surface area (Å²) >= 11 is 0. The third-order valence-electron chi connectivity index (χ3n) is 4.49. The molecule has 0 atom stereocenters. The van der Waals surface area contributed by atoms with Gasteiger partial charge >= 0.3 is 0 Å². The van der Waals surface area contributed by atoms with Gasteiger partial charge in [-0.25, -0.2) is 4.68 Å². The number of methoxy groups -OCH3 is 2. The molecule has 0 N–H and O–H groups in total. The van der Waals surface area contributed by atoms with Crippen LogP contribution < -0.4 is 14.2 Å². The van der Waals surface area contributed by atoms with E-state index in [-0.39, 0.29) is 0 Å². The average molecular weight is 387 g/mol. The zero-order valence-electron chi connectivity index (χ0n) is 16.3. The van der Waals surface area contributed by atoms with E-state index in [0.29, 0.717) is 6.61 Å². The minimum absolute atomic E-state index is 0.346. The van der Waals surface area contributed by atoms with Crippen LogP contribution in [0, 0.1) is 0 Å². The zero-order valence-corrected chi connectivity index (χ0v) is 16.3. The Morgan fingerprint density at radius 2 is 1.45 bits per heavy atom. The molecule has 0 aliphatic heterocycles. The monoisotopic (exact) mass is 387 g/mol. The predicted octanol–water partition coefficient (Wildman–Crippen LogP) is 4.53. The quantitative estimate of drug-likeness (QED) is 0.466. The van der Waals surface area contributed by atoms with Crippen LogP contribution in [0.3, 0.4) is 0 Å². The molecule has 6 heteroatoms. The molecule has 0 amide bonds. The highest BCUT2D eigenvalue weighted by Gasteiger charge is 2.06. The molecule has 0 saturated carbocycles. The molecular formula is C23H21N3O3. The van der Waals surface area contributed by atoms with Gasteiger partial charge in [0.25, 0.3) is 0 Å². The lowest BCUT2D eigenvalue weighted by Crippen LogP contribution is -1.96. The van der Waals surface area contributed by atoms with E-state index < -0.39 is 0 Å². The number of ether oxygens (including phenoxy) is 3. The number of para-hydroxylation sites is 1. The van der Waals surface area contributed by atoms with E-state index in [1.807, 2.05) is 79.0 Å². The summed E-state index contributed by atoms with van der Waals surface area (Å²) in [5.41, 5.74) is 3.78. The smallest absolute Gasteiger partial charge is 0.134 e. The third-order valence-corrected chi connectivity index (χ3v) is 4.49. The van der Waals surface area contributed by atoms with Crippen molar-refractivity contribution in [3.8, 4) is 34.1 Å². The van der Waals surface area contributed by atoms with Gasteiger partial charge < -0.3 is 14.2 Å². The molecule has 0 aliphatic carbocycles. The van der Waals surface area contributed by atoms with Crippen LogP contribution in [0.15, 0.2) is 79.0 Å². The van der Waals surface area contributed by atoms with E-state index in [0.717, 1.165) is 39.8 Å². The molecule has 4 aromatic rings. The molecule has 4 rings (SSSR count). The fraction of sp³-hybridized carbons (Fsp3) is 0.130. The first kappa shape index (κ1) is 18.6. The van der Waals surface area contributed by atoms with Crippen molar-refractivity contribution in [1.29, 1.82) is 0 Å². The van der Waals surface area contributed by atoms with Gasteiger partial charge in [0.05, 0.1) is 26.1 Å². The Morgan fingerprint density at radius 3 is 2.10 bits per heavy atom. The molecule has 0 radical (unpaired) electrons. The minimum atomic E-state index is 0.346.